The molecule has 0 aromatic rings. The van der Waals surface area contributed by atoms with Crippen molar-refractivity contribution in [2.75, 3.05) is 13.2 Å². The van der Waals surface area contributed by atoms with E-state index >= 15 is 0 Å². The van der Waals surface area contributed by atoms with Crippen LogP contribution in [0.2, 0.25) is 0 Å². The van der Waals surface area contributed by atoms with Crippen molar-refractivity contribution in [3.05, 3.63) is 38.0 Å². The SMILES string of the molecule is C=CC(=O)O.C=CC(=O)O.C=CC(=O)O.CC(CO)CCCCCCO. The second-order valence-electron chi connectivity index (χ2n) is 4.84. The van der Waals surface area contributed by atoms with Gasteiger partial charge in [0.05, 0.1) is 0 Å². The van der Waals surface area contributed by atoms with Gasteiger partial charge in [0, 0.05) is 31.4 Å². The molecule has 152 valence electrons. The summed E-state index contributed by atoms with van der Waals surface area (Å²) < 4.78 is 0. The van der Waals surface area contributed by atoms with Crippen LogP contribution in [0, 0.1) is 5.92 Å². The molecule has 0 fully saturated rings. The molecular weight excluding hydrogens is 344 g/mol. The second-order valence-corrected chi connectivity index (χ2v) is 4.84. The van der Waals surface area contributed by atoms with Crippen molar-refractivity contribution >= 4 is 17.9 Å². The van der Waals surface area contributed by atoms with Gasteiger partial charge >= 0.3 is 17.9 Å². The summed E-state index contributed by atoms with van der Waals surface area (Å²) in [6.45, 7) is 11.6. The average Bonchev–Trinajstić information content (AvgIpc) is 2.62. The van der Waals surface area contributed by atoms with Gasteiger partial charge in [-0.25, -0.2) is 14.4 Å². The van der Waals surface area contributed by atoms with Gasteiger partial charge in [0.15, 0.2) is 0 Å². The Balaban J connectivity index is -0.000000136. The summed E-state index contributed by atoms with van der Waals surface area (Å²) in [4.78, 5) is 27.8. The predicted octanol–water partition coefficient (Wildman–Crippen LogP) is 2.33. The van der Waals surface area contributed by atoms with Crippen molar-refractivity contribution in [3.8, 4) is 0 Å². The Kier molecular flexibility index (Phi) is 33.0. The molecule has 26 heavy (non-hydrogen) atoms. The summed E-state index contributed by atoms with van der Waals surface area (Å²) >= 11 is 0. The molecule has 0 rings (SSSR count). The third-order valence-corrected chi connectivity index (χ3v) is 2.44. The van der Waals surface area contributed by atoms with E-state index in [1.54, 1.807) is 0 Å². The van der Waals surface area contributed by atoms with Gasteiger partial charge in [0.2, 0.25) is 0 Å². The van der Waals surface area contributed by atoms with Gasteiger partial charge in [-0.3, -0.25) is 0 Å². The fraction of sp³-hybridized carbons (Fsp3) is 0.500. The first-order valence-corrected chi connectivity index (χ1v) is 7.90. The van der Waals surface area contributed by atoms with E-state index in [4.69, 9.17) is 25.5 Å². The molecule has 0 bridgehead atoms. The van der Waals surface area contributed by atoms with Crippen molar-refractivity contribution in [2.45, 2.75) is 39.0 Å². The van der Waals surface area contributed by atoms with Crippen LogP contribution in [0.1, 0.15) is 39.0 Å². The lowest BCUT2D eigenvalue weighted by Crippen LogP contribution is -1.99. The Labute approximate surface area is 154 Å². The fourth-order valence-corrected chi connectivity index (χ4v) is 1.05. The van der Waals surface area contributed by atoms with Gasteiger partial charge in [-0.2, -0.15) is 0 Å². The maximum Gasteiger partial charge on any atom is 0.327 e. The van der Waals surface area contributed by atoms with E-state index < -0.39 is 17.9 Å². The molecule has 8 heteroatoms. The standard InChI is InChI=1S/C9H20O2.3C3H4O2/c1-9(8-11)6-4-2-3-5-7-10;3*1-2-3(4)5/h9-11H,2-8H2,1H3;3*2H,1H2,(H,4,5). The number of hydrogen-bond donors (Lipinski definition) is 5. The zero-order chi connectivity index (χ0) is 21.4. The van der Waals surface area contributed by atoms with Crippen molar-refractivity contribution in [1.29, 1.82) is 0 Å². The summed E-state index contributed by atoms with van der Waals surface area (Å²) in [6, 6.07) is 0. The zero-order valence-electron chi connectivity index (χ0n) is 15.3. The minimum atomic E-state index is -0.981. The van der Waals surface area contributed by atoms with E-state index in [2.05, 4.69) is 26.7 Å². The topological polar surface area (TPSA) is 152 Å². The largest absolute Gasteiger partial charge is 0.478 e. The van der Waals surface area contributed by atoms with Crippen LogP contribution in [0.4, 0.5) is 0 Å². The van der Waals surface area contributed by atoms with Crippen molar-refractivity contribution in [1.82, 2.24) is 0 Å². The van der Waals surface area contributed by atoms with Gasteiger partial charge < -0.3 is 25.5 Å². The fourth-order valence-electron chi connectivity index (χ4n) is 1.05. The monoisotopic (exact) mass is 376 g/mol. The number of carboxylic acid groups (broad SMARTS) is 3. The highest BCUT2D eigenvalue weighted by atomic mass is 16.4. The molecule has 1 atom stereocenters. The molecule has 0 aromatic carbocycles. The molecule has 0 aliphatic heterocycles. The molecule has 0 aliphatic carbocycles. The number of unbranched alkanes of at least 4 members (excludes halogenated alkanes) is 3. The van der Waals surface area contributed by atoms with E-state index in [9.17, 15) is 14.4 Å². The normalized spacial score (nSPS) is 9.35. The van der Waals surface area contributed by atoms with Gasteiger partial charge in [0.25, 0.3) is 0 Å². The number of hydrogen-bond acceptors (Lipinski definition) is 5. The van der Waals surface area contributed by atoms with Crippen LogP contribution in [0.15, 0.2) is 38.0 Å². The third kappa shape index (κ3) is 57.8. The lowest BCUT2D eigenvalue weighted by atomic mass is 10.0. The molecule has 0 aliphatic rings. The third-order valence-electron chi connectivity index (χ3n) is 2.44. The summed E-state index contributed by atoms with van der Waals surface area (Å²) in [5.41, 5.74) is 0. The molecule has 0 radical (unpaired) electrons. The number of aliphatic carboxylic acids is 3. The van der Waals surface area contributed by atoms with Gasteiger partial charge in [-0.05, 0) is 18.8 Å². The van der Waals surface area contributed by atoms with E-state index in [1.807, 2.05) is 0 Å². The summed E-state index contributed by atoms with van der Waals surface area (Å²) in [7, 11) is 0. The Morgan fingerprint density at radius 3 is 1.31 bits per heavy atom. The maximum atomic E-state index is 9.25. The van der Waals surface area contributed by atoms with Gasteiger partial charge in [0.1, 0.15) is 0 Å². The molecule has 0 saturated heterocycles. The van der Waals surface area contributed by atoms with E-state index in [0.29, 0.717) is 19.1 Å². The minimum Gasteiger partial charge on any atom is -0.478 e. The molecule has 1 unspecified atom stereocenters. The summed E-state index contributed by atoms with van der Waals surface area (Å²) in [6.07, 6.45) is 8.02. The van der Waals surface area contributed by atoms with Gasteiger partial charge in [-0.15, -0.1) is 0 Å². The minimum absolute atomic E-state index is 0.306. The van der Waals surface area contributed by atoms with Crippen molar-refractivity contribution < 1.29 is 39.9 Å². The van der Waals surface area contributed by atoms with Crippen LogP contribution < -0.4 is 0 Å². The van der Waals surface area contributed by atoms with Crippen LogP contribution in [0.5, 0.6) is 0 Å². The maximum absolute atomic E-state index is 9.25. The number of rotatable bonds is 10. The molecule has 0 heterocycles. The van der Waals surface area contributed by atoms with Gasteiger partial charge in [-0.1, -0.05) is 45.9 Å². The van der Waals surface area contributed by atoms with Crippen molar-refractivity contribution in [2.24, 2.45) is 5.92 Å². The Morgan fingerprint density at radius 1 is 0.769 bits per heavy atom. The Bertz CT molecular complexity index is 348. The lowest BCUT2D eigenvalue weighted by Gasteiger charge is -2.05. The highest BCUT2D eigenvalue weighted by Crippen LogP contribution is 2.09. The highest BCUT2D eigenvalue weighted by molar-refractivity contribution is 5.79. The molecule has 0 saturated carbocycles. The summed E-state index contributed by atoms with van der Waals surface area (Å²) in [5.74, 6) is -2.50. The molecular formula is C18H32O8. The van der Waals surface area contributed by atoms with E-state index in [0.717, 1.165) is 37.5 Å². The zero-order valence-corrected chi connectivity index (χ0v) is 15.3. The Morgan fingerprint density at radius 2 is 1.08 bits per heavy atom. The quantitative estimate of drug-likeness (QED) is 0.288. The molecule has 0 aromatic heterocycles. The highest BCUT2D eigenvalue weighted by Gasteiger charge is 1.98. The molecule has 0 spiro atoms. The first-order valence-electron chi connectivity index (χ1n) is 7.90. The van der Waals surface area contributed by atoms with Crippen LogP contribution in [0.3, 0.4) is 0 Å². The van der Waals surface area contributed by atoms with E-state index in [1.165, 1.54) is 12.8 Å². The first kappa shape index (κ1) is 31.3. The van der Waals surface area contributed by atoms with E-state index in [-0.39, 0.29) is 0 Å². The van der Waals surface area contributed by atoms with Crippen LogP contribution in [-0.4, -0.2) is 56.7 Å². The number of aliphatic hydroxyl groups is 2. The molecule has 5 N–H and O–H groups in total. The average molecular weight is 376 g/mol. The number of carbonyl (C=O) groups is 3. The molecule has 8 nitrogen and oxygen atoms in total. The molecule has 0 amide bonds. The Hall–Kier alpha value is -2.45. The predicted molar refractivity (Wildman–Crippen MR) is 99.9 cm³/mol. The van der Waals surface area contributed by atoms with Crippen LogP contribution >= 0.6 is 0 Å². The number of aliphatic hydroxyl groups excluding tert-OH is 2. The van der Waals surface area contributed by atoms with Crippen LogP contribution in [-0.2, 0) is 14.4 Å². The lowest BCUT2D eigenvalue weighted by molar-refractivity contribution is -0.132. The summed E-state index contributed by atoms with van der Waals surface area (Å²) in [5, 5.41) is 40.0. The first-order chi connectivity index (χ1) is 12.1. The number of carboxylic acids is 3. The van der Waals surface area contributed by atoms with Crippen molar-refractivity contribution in [3.63, 3.8) is 0 Å². The second kappa shape index (κ2) is 27.4. The van der Waals surface area contributed by atoms with Crippen LogP contribution in [0.25, 0.3) is 0 Å². The smallest absolute Gasteiger partial charge is 0.327 e.